The van der Waals surface area contributed by atoms with Gasteiger partial charge in [-0.15, -0.1) is 0 Å². The van der Waals surface area contributed by atoms with Crippen LogP contribution in [0.1, 0.15) is 35.3 Å². The van der Waals surface area contributed by atoms with Gasteiger partial charge in [-0.3, -0.25) is 4.79 Å². The van der Waals surface area contributed by atoms with Gasteiger partial charge in [0.1, 0.15) is 6.54 Å². The lowest BCUT2D eigenvalue weighted by molar-refractivity contribution is -0.132. The molecule has 1 fully saturated rings. The molecule has 1 N–H and O–H groups in total. The number of likely N-dealkylation sites (tertiary alicyclic amines) is 1. The van der Waals surface area contributed by atoms with Crippen molar-refractivity contribution >= 4 is 11.9 Å². The monoisotopic (exact) mass is 250 g/mol. The van der Waals surface area contributed by atoms with Gasteiger partial charge in [0.15, 0.2) is 0 Å². The molecule has 0 aliphatic carbocycles. The van der Waals surface area contributed by atoms with Crippen molar-refractivity contribution in [1.82, 2.24) is 9.47 Å². The number of carboxylic acid groups (broad SMARTS) is 1. The Bertz CT molecular complexity index is 459. The summed E-state index contributed by atoms with van der Waals surface area (Å²) in [6.07, 6.45) is 4.99. The Kier molecular flexibility index (Phi) is 3.69. The molecule has 1 aliphatic rings. The maximum Gasteiger partial charge on any atom is 0.337 e. The Morgan fingerprint density at radius 2 is 1.94 bits per heavy atom. The molecule has 2 heterocycles. The first-order valence-electron chi connectivity index (χ1n) is 6.26. The van der Waals surface area contributed by atoms with Crippen molar-refractivity contribution in [2.45, 2.75) is 32.7 Å². The van der Waals surface area contributed by atoms with E-state index in [1.807, 2.05) is 4.90 Å². The summed E-state index contributed by atoms with van der Waals surface area (Å²) >= 11 is 0. The molecule has 0 radical (unpaired) electrons. The Labute approximate surface area is 106 Å². The summed E-state index contributed by atoms with van der Waals surface area (Å²) in [6, 6.07) is 1.54. The van der Waals surface area contributed by atoms with Crippen molar-refractivity contribution in [1.29, 1.82) is 0 Å². The smallest absolute Gasteiger partial charge is 0.337 e. The second kappa shape index (κ2) is 5.25. The van der Waals surface area contributed by atoms with E-state index in [9.17, 15) is 9.59 Å². The van der Waals surface area contributed by atoms with E-state index >= 15 is 0 Å². The van der Waals surface area contributed by atoms with Crippen LogP contribution >= 0.6 is 0 Å². The molecule has 1 aromatic rings. The summed E-state index contributed by atoms with van der Waals surface area (Å²) in [5.41, 5.74) is 0.898. The predicted molar refractivity (Wildman–Crippen MR) is 66.6 cm³/mol. The zero-order valence-corrected chi connectivity index (χ0v) is 10.6. The second-order valence-corrected chi connectivity index (χ2v) is 4.69. The zero-order chi connectivity index (χ0) is 13.1. The number of amides is 1. The highest BCUT2D eigenvalue weighted by molar-refractivity contribution is 5.89. The van der Waals surface area contributed by atoms with Crippen molar-refractivity contribution in [2.24, 2.45) is 0 Å². The number of carbonyl (C=O) groups excluding carboxylic acids is 1. The molecule has 18 heavy (non-hydrogen) atoms. The van der Waals surface area contributed by atoms with Crippen LogP contribution < -0.4 is 0 Å². The molecule has 0 spiro atoms. The molecular weight excluding hydrogens is 232 g/mol. The van der Waals surface area contributed by atoms with Gasteiger partial charge in [0, 0.05) is 25.0 Å². The third-order valence-corrected chi connectivity index (χ3v) is 3.49. The molecule has 5 nitrogen and oxygen atoms in total. The van der Waals surface area contributed by atoms with Gasteiger partial charge >= 0.3 is 5.97 Å². The minimum absolute atomic E-state index is 0.0744. The van der Waals surface area contributed by atoms with Crippen LogP contribution in [0.2, 0.25) is 0 Å². The molecular formula is C13H18N2O3. The molecule has 0 saturated carbocycles. The fourth-order valence-electron chi connectivity index (χ4n) is 2.34. The van der Waals surface area contributed by atoms with Crippen LogP contribution in [-0.4, -0.2) is 39.5 Å². The molecule has 1 saturated heterocycles. The van der Waals surface area contributed by atoms with E-state index in [0.717, 1.165) is 25.9 Å². The second-order valence-electron chi connectivity index (χ2n) is 4.69. The molecule has 1 amide bonds. The molecule has 0 bridgehead atoms. The Morgan fingerprint density at radius 1 is 1.28 bits per heavy atom. The van der Waals surface area contributed by atoms with E-state index in [1.165, 1.54) is 6.42 Å². The van der Waals surface area contributed by atoms with Crippen molar-refractivity contribution in [3.63, 3.8) is 0 Å². The quantitative estimate of drug-likeness (QED) is 0.884. The Balaban J connectivity index is 2.04. The maximum atomic E-state index is 12.1. The molecule has 0 aromatic carbocycles. The highest BCUT2D eigenvalue weighted by atomic mass is 16.4. The number of hydrogen-bond acceptors (Lipinski definition) is 2. The SMILES string of the molecule is Cc1c(C(=O)O)ccn1CC(=O)N1CCCCC1. The van der Waals surface area contributed by atoms with Crippen LogP contribution in [0.4, 0.5) is 0 Å². The van der Waals surface area contributed by atoms with Crippen LogP contribution in [-0.2, 0) is 11.3 Å². The molecule has 1 aliphatic heterocycles. The lowest BCUT2D eigenvalue weighted by atomic mass is 10.1. The van der Waals surface area contributed by atoms with E-state index in [4.69, 9.17) is 5.11 Å². The fraction of sp³-hybridized carbons (Fsp3) is 0.538. The largest absolute Gasteiger partial charge is 0.478 e. The van der Waals surface area contributed by atoms with Gasteiger partial charge in [-0.25, -0.2) is 4.79 Å². The highest BCUT2D eigenvalue weighted by Crippen LogP contribution is 2.13. The molecule has 0 unspecified atom stereocenters. The van der Waals surface area contributed by atoms with E-state index in [2.05, 4.69) is 0 Å². The number of carboxylic acids is 1. The van der Waals surface area contributed by atoms with Crippen LogP contribution in [0.15, 0.2) is 12.3 Å². The number of piperidine rings is 1. The van der Waals surface area contributed by atoms with Crippen LogP contribution in [0.3, 0.4) is 0 Å². The first kappa shape index (κ1) is 12.7. The highest BCUT2D eigenvalue weighted by Gasteiger charge is 2.18. The van der Waals surface area contributed by atoms with Crippen LogP contribution in [0.25, 0.3) is 0 Å². The number of nitrogens with zero attached hydrogens (tertiary/aromatic N) is 2. The summed E-state index contributed by atoms with van der Waals surface area (Å²) in [6.45, 7) is 3.61. The normalized spacial score (nSPS) is 15.7. The minimum atomic E-state index is -0.948. The van der Waals surface area contributed by atoms with Gasteiger partial charge in [-0.1, -0.05) is 0 Å². The van der Waals surface area contributed by atoms with Gasteiger partial charge in [0.05, 0.1) is 5.56 Å². The average Bonchev–Trinajstić information content (AvgIpc) is 2.72. The number of aromatic nitrogens is 1. The predicted octanol–water partition coefficient (Wildman–Crippen LogP) is 1.51. The summed E-state index contributed by atoms with van der Waals surface area (Å²) in [5.74, 6) is -0.873. The van der Waals surface area contributed by atoms with E-state index < -0.39 is 5.97 Å². The summed E-state index contributed by atoms with van der Waals surface area (Å²) in [4.78, 5) is 24.8. The van der Waals surface area contributed by atoms with Gasteiger partial charge in [0.25, 0.3) is 0 Å². The van der Waals surface area contributed by atoms with E-state index in [1.54, 1.807) is 23.8 Å². The van der Waals surface area contributed by atoms with Crippen molar-refractivity contribution in [3.8, 4) is 0 Å². The molecule has 0 atom stereocenters. The Hall–Kier alpha value is -1.78. The van der Waals surface area contributed by atoms with E-state index in [0.29, 0.717) is 5.69 Å². The lowest BCUT2D eigenvalue weighted by Crippen LogP contribution is -2.37. The number of carbonyl (C=O) groups is 2. The zero-order valence-electron chi connectivity index (χ0n) is 10.6. The molecule has 2 rings (SSSR count). The van der Waals surface area contributed by atoms with Crippen molar-refractivity contribution in [3.05, 3.63) is 23.5 Å². The number of rotatable bonds is 3. The average molecular weight is 250 g/mol. The maximum absolute atomic E-state index is 12.1. The molecule has 1 aromatic heterocycles. The number of aromatic carboxylic acids is 1. The summed E-state index contributed by atoms with van der Waals surface area (Å²) in [5, 5.41) is 8.95. The standard InChI is InChI=1S/C13H18N2O3/c1-10-11(13(17)18)5-8-15(10)9-12(16)14-6-3-2-4-7-14/h5,8H,2-4,6-7,9H2,1H3,(H,17,18). The lowest BCUT2D eigenvalue weighted by Gasteiger charge is -2.27. The van der Waals surface area contributed by atoms with Crippen LogP contribution in [0.5, 0.6) is 0 Å². The minimum Gasteiger partial charge on any atom is -0.478 e. The molecule has 5 heteroatoms. The van der Waals surface area contributed by atoms with Gasteiger partial charge in [0.2, 0.25) is 5.91 Å². The summed E-state index contributed by atoms with van der Waals surface area (Å²) < 4.78 is 1.71. The molecule has 98 valence electrons. The van der Waals surface area contributed by atoms with Crippen LogP contribution in [0, 0.1) is 6.92 Å². The third-order valence-electron chi connectivity index (χ3n) is 3.49. The number of hydrogen-bond donors (Lipinski definition) is 1. The first-order chi connectivity index (χ1) is 8.59. The van der Waals surface area contributed by atoms with Gasteiger partial charge in [-0.2, -0.15) is 0 Å². The third kappa shape index (κ3) is 2.55. The van der Waals surface area contributed by atoms with Gasteiger partial charge in [-0.05, 0) is 32.3 Å². The Morgan fingerprint density at radius 3 is 2.50 bits per heavy atom. The van der Waals surface area contributed by atoms with E-state index in [-0.39, 0.29) is 18.0 Å². The van der Waals surface area contributed by atoms with Crippen molar-refractivity contribution < 1.29 is 14.7 Å². The first-order valence-corrected chi connectivity index (χ1v) is 6.26. The summed E-state index contributed by atoms with van der Waals surface area (Å²) in [7, 11) is 0. The van der Waals surface area contributed by atoms with Gasteiger partial charge < -0.3 is 14.6 Å². The van der Waals surface area contributed by atoms with Crippen molar-refractivity contribution in [2.75, 3.05) is 13.1 Å². The fourth-order valence-corrected chi connectivity index (χ4v) is 2.34. The topological polar surface area (TPSA) is 62.5 Å².